The van der Waals surface area contributed by atoms with Gasteiger partial charge in [0, 0.05) is 24.1 Å². The van der Waals surface area contributed by atoms with Crippen molar-refractivity contribution in [2.24, 2.45) is 0 Å². The molecule has 2 aromatic rings. The van der Waals surface area contributed by atoms with Crippen molar-refractivity contribution < 1.29 is 9.66 Å². The molecule has 0 aromatic heterocycles. The number of nitro benzene ring substituents is 1. The number of nitriles is 1. The number of nitrogens with zero attached hydrogens (tertiary/aromatic N) is 2. The predicted molar refractivity (Wildman–Crippen MR) is 80.7 cm³/mol. The van der Waals surface area contributed by atoms with Crippen LogP contribution in [0.3, 0.4) is 0 Å². The Morgan fingerprint density at radius 3 is 2.91 bits per heavy atom. The molecule has 1 N–H and O–H groups in total. The highest BCUT2D eigenvalue weighted by molar-refractivity contribution is 5.62. The average Bonchev–Trinajstić information content (AvgIpc) is 2.55. The minimum atomic E-state index is -0.506. The third-order valence-corrected chi connectivity index (χ3v) is 3.62. The molecule has 110 valence electrons. The third-order valence-electron chi connectivity index (χ3n) is 3.62. The highest BCUT2D eigenvalue weighted by Gasteiger charge is 2.22. The van der Waals surface area contributed by atoms with Crippen LogP contribution in [0.2, 0.25) is 0 Å². The maximum absolute atomic E-state index is 10.8. The Labute approximate surface area is 127 Å². The molecule has 0 spiro atoms. The molecule has 3 rings (SSSR count). The lowest BCUT2D eigenvalue weighted by molar-refractivity contribution is -0.384. The summed E-state index contributed by atoms with van der Waals surface area (Å²) < 4.78 is 5.60. The van der Waals surface area contributed by atoms with Crippen molar-refractivity contribution in [2.45, 2.75) is 12.5 Å². The highest BCUT2D eigenvalue weighted by Crippen LogP contribution is 2.35. The molecule has 1 heterocycles. The number of hydrogen-bond acceptors (Lipinski definition) is 5. The zero-order valence-corrected chi connectivity index (χ0v) is 11.7. The molecule has 1 unspecified atom stereocenters. The van der Waals surface area contributed by atoms with E-state index in [0.717, 1.165) is 17.7 Å². The van der Waals surface area contributed by atoms with Crippen LogP contribution in [0.15, 0.2) is 42.5 Å². The van der Waals surface area contributed by atoms with Crippen LogP contribution in [0.1, 0.15) is 23.6 Å². The first kappa shape index (κ1) is 13.9. The van der Waals surface area contributed by atoms with E-state index in [-0.39, 0.29) is 17.3 Å². The molecule has 0 saturated heterocycles. The quantitative estimate of drug-likeness (QED) is 0.692. The van der Waals surface area contributed by atoms with Gasteiger partial charge in [0.2, 0.25) is 0 Å². The second-order valence-corrected chi connectivity index (χ2v) is 4.97. The van der Waals surface area contributed by atoms with Gasteiger partial charge in [-0.1, -0.05) is 18.2 Å². The van der Waals surface area contributed by atoms with Gasteiger partial charge in [-0.3, -0.25) is 10.1 Å². The standard InChI is InChI=1S/C16H13N3O3/c17-10-11-9-12(19(20)21)5-6-14(11)18-15-7-8-22-16-4-2-1-3-13(15)16/h1-6,9,15,18H,7-8H2. The molecular formula is C16H13N3O3. The van der Waals surface area contributed by atoms with E-state index in [2.05, 4.69) is 5.32 Å². The van der Waals surface area contributed by atoms with Crippen molar-refractivity contribution >= 4 is 11.4 Å². The zero-order chi connectivity index (χ0) is 15.5. The largest absolute Gasteiger partial charge is 0.493 e. The molecule has 0 aliphatic carbocycles. The summed E-state index contributed by atoms with van der Waals surface area (Å²) in [6, 6.07) is 14.0. The number of para-hydroxylation sites is 1. The van der Waals surface area contributed by atoms with Gasteiger partial charge in [0.25, 0.3) is 5.69 Å². The molecule has 1 aliphatic heterocycles. The van der Waals surface area contributed by atoms with E-state index in [1.807, 2.05) is 30.3 Å². The van der Waals surface area contributed by atoms with Crippen molar-refractivity contribution in [3.05, 3.63) is 63.7 Å². The lowest BCUT2D eigenvalue weighted by Crippen LogP contribution is -2.20. The van der Waals surface area contributed by atoms with Crippen molar-refractivity contribution in [2.75, 3.05) is 11.9 Å². The number of nitro groups is 1. The Balaban J connectivity index is 1.92. The van der Waals surface area contributed by atoms with E-state index < -0.39 is 4.92 Å². The van der Waals surface area contributed by atoms with Crippen LogP contribution in [0.5, 0.6) is 5.75 Å². The van der Waals surface area contributed by atoms with Crippen LogP contribution in [-0.4, -0.2) is 11.5 Å². The fourth-order valence-corrected chi connectivity index (χ4v) is 2.54. The summed E-state index contributed by atoms with van der Waals surface area (Å²) in [7, 11) is 0. The second-order valence-electron chi connectivity index (χ2n) is 4.97. The Morgan fingerprint density at radius 2 is 2.14 bits per heavy atom. The molecular weight excluding hydrogens is 282 g/mol. The molecule has 1 atom stereocenters. The molecule has 0 bridgehead atoms. The molecule has 0 saturated carbocycles. The lowest BCUT2D eigenvalue weighted by Gasteiger charge is -2.27. The highest BCUT2D eigenvalue weighted by atomic mass is 16.6. The molecule has 0 amide bonds. The Kier molecular flexibility index (Phi) is 3.62. The molecule has 0 radical (unpaired) electrons. The topological polar surface area (TPSA) is 88.2 Å². The number of nitrogens with one attached hydrogen (secondary N) is 1. The van der Waals surface area contributed by atoms with E-state index in [1.54, 1.807) is 6.07 Å². The molecule has 6 nitrogen and oxygen atoms in total. The van der Waals surface area contributed by atoms with Gasteiger partial charge in [-0.15, -0.1) is 0 Å². The van der Waals surface area contributed by atoms with Gasteiger partial charge in [-0.2, -0.15) is 5.26 Å². The van der Waals surface area contributed by atoms with Crippen LogP contribution >= 0.6 is 0 Å². The van der Waals surface area contributed by atoms with Crippen molar-refractivity contribution in [3.8, 4) is 11.8 Å². The van der Waals surface area contributed by atoms with E-state index in [1.165, 1.54) is 12.1 Å². The van der Waals surface area contributed by atoms with Crippen molar-refractivity contribution in [1.82, 2.24) is 0 Å². The molecule has 6 heteroatoms. The summed E-state index contributed by atoms with van der Waals surface area (Å²) in [5, 5.41) is 23.3. The van der Waals surface area contributed by atoms with Crippen LogP contribution in [0.4, 0.5) is 11.4 Å². The molecule has 1 aliphatic rings. The fourth-order valence-electron chi connectivity index (χ4n) is 2.54. The Morgan fingerprint density at radius 1 is 1.32 bits per heavy atom. The van der Waals surface area contributed by atoms with E-state index in [4.69, 9.17) is 4.74 Å². The monoisotopic (exact) mass is 295 g/mol. The van der Waals surface area contributed by atoms with Gasteiger partial charge in [0.05, 0.1) is 28.8 Å². The summed E-state index contributed by atoms with van der Waals surface area (Å²) in [6.45, 7) is 0.587. The third kappa shape index (κ3) is 2.56. The number of non-ortho nitro benzene ring substituents is 1. The summed E-state index contributed by atoms with van der Waals surface area (Å²) in [6.07, 6.45) is 0.763. The van der Waals surface area contributed by atoms with Gasteiger partial charge in [-0.25, -0.2) is 0 Å². The molecule has 2 aromatic carbocycles. The maximum Gasteiger partial charge on any atom is 0.270 e. The van der Waals surface area contributed by atoms with E-state index >= 15 is 0 Å². The summed E-state index contributed by atoms with van der Waals surface area (Å²) >= 11 is 0. The number of benzene rings is 2. The Bertz CT molecular complexity index is 767. The van der Waals surface area contributed by atoms with Crippen LogP contribution in [-0.2, 0) is 0 Å². The first-order valence-electron chi connectivity index (χ1n) is 6.86. The zero-order valence-electron chi connectivity index (χ0n) is 11.7. The van der Waals surface area contributed by atoms with Crippen LogP contribution < -0.4 is 10.1 Å². The minimum absolute atomic E-state index is 0.0125. The van der Waals surface area contributed by atoms with Gasteiger partial charge in [-0.05, 0) is 12.1 Å². The van der Waals surface area contributed by atoms with E-state index in [9.17, 15) is 15.4 Å². The number of rotatable bonds is 3. The predicted octanol–water partition coefficient (Wildman–Crippen LogP) is 3.40. The van der Waals surface area contributed by atoms with Crippen LogP contribution in [0, 0.1) is 21.4 Å². The number of ether oxygens (including phenoxy) is 1. The minimum Gasteiger partial charge on any atom is -0.493 e. The van der Waals surface area contributed by atoms with Gasteiger partial charge < -0.3 is 10.1 Å². The summed E-state index contributed by atoms with van der Waals surface area (Å²) in [5.41, 5.74) is 1.79. The van der Waals surface area contributed by atoms with Gasteiger partial charge in [0.15, 0.2) is 0 Å². The number of anilines is 1. The van der Waals surface area contributed by atoms with Gasteiger partial charge >= 0.3 is 0 Å². The second kappa shape index (κ2) is 5.74. The fraction of sp³-hybridized carbons (Fsp3) is 0.188. The smallest absolute Gasteiger partial charge is 0.270 e. The molecule has 0 fully saturated rings. The van der Waals surface area contributed by atoms with Crippen molar-refractivity contribution in [3.63, 3.8) is 0 Å². The normalized spacial score (nSPS) is 16.0. The molecule has 22 heavy (non-hydrogen) atoms. The first-order valence-corrected chi connectivity index (χ1v) is 6.86. The number of fused-ring (bicyclic) bond motifs is 1. The maximum atomic E-state index is 10.8. The average molecular weight is 295 g/mol. The van der Waals surface area contributed by atoms with Crippen LogP contribution in [0.25, 0.3) is 0 Å². The Hall–Kier alpha value is -3.07. The number of hydrogen-bond donors (Lipinski definition) is 1. The first-order chi connectivity index (χ1) is 10.7. The lowest BCUT2D eigenvalue weighted by atomic mass is 9.99. The van der Waals surface area contributed by atoms with Gasteiger partial charge in [0.1, 0.15) is 11.8 Å². The summed E-state index contributed by atoms with van der Waals surface area (Å²) in [5.74, 6) is 0.826. The SMILES string of the molecule is N#Cc1cc([N+](=O)[O-])ccc1NC1CCOc2ccccc21. The summed E-state index contributed by atoms with van der Waals surface area (Å²) in [4.78, 5) is 10.3. The van der Waals surface area contributed by atoms with Crippen molar-refractivity contribution in [1.29, 1.82) is 5.26 Å². The van der Waals surface area contributed by atoms with E-state index in [0.29, 0.717) is 12.3 Å².